The Bertz CT molecular complexity index is 374. The third-order valence-corrected chi connectivity index (χ3v) is 2.78. The Labute approximate surface area is 89.4 Å². The molecule has 80 valence electrons. The van der Waals surface area contributed by atoms with Crippen LogP contribution < -0.4 is 5.32 Å². The molecule has 15 heavy (non-hydrogen) atoms. The smallest absolute Gasteiger partial charge is 0.411 e. The molecule has 3 nitrogen and oxygen atoms in total. The number of benzene rings is 1. The molecule has 1 aliphatic carbocycles. The van der Waals surface area contributed by atoms with Gasteiger partial charge in [-0.3, -0.25) is 5.32 Å². The van der Waals surface area contributed by atoms with Crippen LogP contribution >= 0.6 is 0 Å². The van der Waals surface area contributed by atoms with Crippen molar-refractivity contribution in [2.75, 3.05) is 12.4 Å². The number of hydrogen-bond acceptors (Lipinski definition) is 2. The Morgan fingerprint density at radius 3 is 2.73 bits per heavy atom. The van der Waals surface area contributed by atoms with Gasteiger partial charge in [0.25, 0.3) is 0 Å². The maximum absolute atomic E-state index is 11.0. The molecular formula is C12H15NO2. The highest BCUT2D eigenvalue weighted by molar-refractivity contribution is 5.84. The number of nitrogens with one attached hydrogen (secondary N) is 1. The average Bonchev–Trinajstić information content (AvgIpc) is 2.29. The number of carbonyl (C=O) groups excluding carboxylic acids is 1. The van der Waals surface area contributed by atoms with Crippen molar-refractivity contribution in [3.05, 3.63) is 29.3 Å². The van der Waals surface area contributed by atoms with Crippen LogP contribution in [0.1, 0.15) is 24.0 Å². The number of rotatable bonds is 1. The maximum atomic E-state index is 11.0. The van der Waals surface area contributed by atoms with Crippen molar-refractivity contribution >= 4 is 11.8 Å². The number of amides is 1. The summed E-state index contributed by atoms with van der Waals surface area (Å²) in [7, 11) is 1.37. The summed E-state index contributed by atoms with van der Waals surface area (Å²) in [5.74, 6) is 0. The van der Waals surface area contributed by atoms with Crippen molar-refractivity contribution in [3.63, 3.8) is 0 Å². The quantitative estimate of drug-likeness (QED) is 0.765. The second kappa shape index (κ2) is 4.34. The third-order valence-electron chi connectivity index (χ3n) is 2.78. The molecule has 0 atom stereocenters. The van der Waals surface area contributed by atoms with Crippen LogP contribution in [-0.2, 0) is 17.6 Å². The van der Waals surface area contributed by atoms with E-state index >= 15 is 0 Å². The van der Waals surface area contributed by atoms with Gasteiger partial charge in [-0.05, 0) is 48.9 Å². The molecule has 1 N–H and O–H groups in total. The first-order valence-electron chi connectivity index (χ1n) is 5.26. The minimum atomic E-state index is -0.411. The highest BCUT2D eigenvalue weighted by Crippen LogP contribution is 2.24. The molecule has 1 aromatic rings. The molecule has 0 bridgehead atoms. The Morgan fingerprint density at radius 1 is 1.27 bits per heavy atom. The molecule has 0 heterocycles. The van der Waals surface area contributed by atoms with Gasteiger partial charge >= 0.3 is 6.09 Å². The summed E-state index contributed by atoms with van der Waals surface area (Å²) in [5.41, 5.74) is 3.59. The number of anilines is 1. The number of carbonyl (C=O) groups is 1. The van der Waals surface area contributed by atoms with E-state index in [2.05, 4.69) is 16.1 Å². The van der Waals surface area contributed by atoms with Crippen molar-refractivity contribution < 1.29 is 9.53 Å². The fraction of sp³-hybridized carbons (Fsp3) is 0.417. The summed E-state index contributed by atoms with van der Waals surface area (Å²) >= 11 is 0. The molecule has 2 rings (SSSR count). The van der Waals surface area contributed by atoms with Crippen molar-refractivity contribution in [2.45, 2.75) is 25.7 Å². The Hall–Kier alpha value is -1.51. The van der Waals surface area contributed by atoms with Crippen LogP contribution in [0.2, 0.25) is 0 Å². The first-order chi connectivity index (χ1) is 7.29. The Morgan fingerprint density at radius 2 is 2.00 bits per heavy atom. The van der Waals surface area contributed by atoms with E-state index in [0.29, 0.717) is 0 Å². The van der Waals surface area contributed by atoms with Crippen LogP contribution in [0.25, 0.3) is 0 Å². The molecular weight excluding hydrogens is 190 g/mol. The second-order valence-electron chi connectivity index (χ2n) is 3.81. The van der Waals surface area contributed by atoms with Gasteiger partial charge in [-0.15, -0.1) is 0 Å². The predicted octanol–water partition coefficient (Wildman–Crippen LogP) is 2.74. The van der Waals surface area contributed by atoms with Gasteiger partial charge in [0.05, 0.1) is 7.11 Å². The van der Waals surface area contributed by atoms with Gasteiger partial charge in [-0.1, -0.05) is 6.07 Å². The molecule has 0 saturated heterocycles. The van der Waals surface area contributed by atoms with Crippen molar-refractivity contribution in [1.29, 1.82) is 0 Å². The van der Waals surface area contributed by atoms with Crippen LogP contribution in [-0.4, -0.2) is 13.2 Å². The van der Waals surface area contributed by atoms with Crippen molar-refractivity contribution in [2.24, 2.45) is 0 Å². The summed E-state index contributed by atoms with van der Waals surface area (Å²) in [6.07, 6.45) is 4.39. The molecule has 0 radical (unpaired) electrons. The van der Waals surface area contributed by atoms with E-state index in [1.165, 1.54) is 31.1 Å². The van der Waals surface area contributed by atoms with Gasteiger partial charge < -0.3 is 4.74 Å². The fourth-order valence-corrected chi connectivity index (χ4v) is 1.98. The largest absolute Gasteiger partial charge is 0.453 e. The van der Waals surface area contributed by atoms with Crippen LogP contribution in [0.5, 0.6) is 0 Å². The van der Waals surface area contributed by atoms with Gasteiger partial charge in [-0.2, -0.15) is 0 Å². The van der Waals surface area contributed by atoms with E-state index in [4.69, 9.17) is 0 Å². The number of ether oxygens (including phenoxy) is 1. The molecule has 0 spiro atoms. The standard InChI is InChI=1S/C12H15NO2/c1-15-12(14)13-11-7-6-9-4-2-3-5-10(9)8-11/h6-8H,2-5H2,1H3,(H,13,14). The number of hydrogen-bond donors (Lipinski definition) is 1. The molecule has 0 aliphatic heterocycles. The van der Waals surface area contributed by atoms with E-state index in [1.54, 1.807) is 0 Å². The van der Waals surface area contributed by atoms with Gasteiger partial charge in [0, 0.05) is 5.69 Å². The topological polar surface area (TPSA) is 38.3 Å². The first kappa shape index (κ1) is 10.0. The van der Waals surface area contributed by atoms with E-state index in [9.17, 15) is 4.79 Å². The lowest BCUT2D eigenvalue weighted by molar-refractivity contribution is 0.187. The van der Waals surface area contributed by atoms with E-state index < -0.39 is 6.09 Å². The zero-order valence-corrected chi connectivity index (χ0v) is 8.88. The van der Waals surface area contributed by atoms with Crippen LogP contribution in [0.15, 0.2) is 18.2 Å². The van der Waals surface area contributed by atoms with E-state index in [1.807, 2.05) is 12.1 Å². The van der Waals surface area contributed by atoms with Gasteiger partial charge in [-0.25, -0.2) is 4.79 Å². The normalized spacial score (nSPS) is 14.2. The predicted molar refractivity (Wildman–Crippen MR) is 59.1 cm³/mol. The van der Waals surface area contributed by atoms with Crippen LogP contribution in [0.3, 0.4) is 0 Å². The van der Waals surface area contributed by atoms with Gasteiger partial charge in [0.1, 0.15) is 0 Å². The minimum absolute atomic E-state index is 0.411. The van der Waals surface area contributed by atoms with E-state index in [-0.39, 0.29) is 0 Å². The van der Waals surface area contributed by atoms with Gasteiger partial charge in [0.2, 0.25) is 0 Å². The van der Waals surface area contributed by atoms with Crippen molar-refractivity contribution in [3.8, 4) is 0 Å². The first-order valence-corrected chi connectivity index (χ1v) is 5.26. The molecule has 0 aromatic heterocycles. The molecule has 0 unspecified atom stereocenters. The molecule has 0 saturated carbocycles. The molecule has 1 aromatic carbocycles. The molecule has 1 amide bonds. The molecule has 1 aliphatic rings. The van der Waals surface area contributed by atoms with Crippen LogP contribution in [0.4, 0.5) is 10.5 Å². The number of fused-ring (bicyclic) bond motifs is 1. The number of methoxy groups -OCH3 is 1. The molecule has 3 heteroatoms. The minimum Gasteiger partial charge on any atom is -0.453 e. The Kier molecular flexibility index (Phi) is 2.90. The Balaban J connectivity index is 2.17. The highest BCUT2D eigenvalue weighted by atomic mass is 16.5. The van der Waals surface area contributed by atoms with Crippen molar-refractivity contribution in [1.82, 2.24) is 0 Å². The molecule has 0 fully saturated rings. The van der Waals surface area contributed by atoms with Gasteiger partial charge in [0.15, 0.2) is 0 Å². The lowest BCUT2D eigenvalue weighted by atomic mass is 9.91. The lowest BCUT2D eigenvalue weighted by Gasteiger charge is -2.16. The third kappa shape index (κ3) is 2.29. The fourth-order valence-electron chi connectivity index (χ4n) is 1.98. The summed E-state index contributed by atoms with van der Waals surface area (Å²) < 4.78 is 4.55. The summed E-state index contributed by atoms with van der Waals surface area (Å²) in [4.78, 5) is 11.0. The highest BCUT2D eigenvalue weighted by Gasteiger charge is 2.10. The summed E-state index contributed by atoms with van der Waals surface area (Å²) in [6, 6.07) is 6.08. The average molecular weight is 205 g/mol. The zero-order valence-electron chi connectivity index (χ0n) is 8.88. The zero-order chi connectivity index (χ0) is 10.7. The van der Waals surface area contributed by atoms with E-state index in [0.717, 1.165) is 18.5 Å². The lowest BCUT2D eigenvalue weighted by Crippen LogP contribution is -2.12. The SMILES string of the molecule is COC(=O)Nc1ccc2c(c1)CCCC2. The second-order valence-corrected chi connectivity index (χ2v) is 3.81. The monoisotopic (exact) mass is 205 g/mol. The maximum Gasteiger partial charge on any atom is 0.411 e. The van der Waals surface area contributed by atoms with Crippen LogP contribution in [0, 0.1) is 0 Å². The summed E-state index contributed by atoms with van der Waals surface area (Å²) in [6.45, 7) is 0. The number of aryl methyl sites for hydroxylation is 2. The summed E-state index contributed by atoms with van der Waals surface area (Å²) in [5, 5.41) is 2.68.